The van der Waals surface area contributed by atoms with E-state index in [0.717, 1.165) is 11.9 Å². The molecule has 0 aliphatic heterocycles. The van der Waals surface area contributed by atoms with Crippen LogP contribution in [0.2, 0.25) is 5.02 Å². The molecule has 2 N–H and O–H groups in total. The highest BCUT2D eigenvalue weighted by Gasteiger charge is 2.13. The molecule has 8 heteroatoms. The zero-order valence-electron chi connectivity index (χ0n) is 13.3. The Bertz CT molecular complexity index is 707. The van der Waals surface area contributed by atoms with Crippen LogP contribution in [0.5, 0.6) is 5.75 Å². The fourth-order valence-electron chi connectivity index (χ4n) is 2.01. The highest BCUT2D eigenvalue weighted by atomic mass is 35.5. The maximum Gasteiger partial charge on any atom is 0.289 e. The molecule has 0 radical (unpaired) electrons. The van der Waals surface area contributed by atoms with Crippen molar-refractivity contribution in [1.29, 1.82) is 0 Å². The van der Waals surface area contributed by atoms with Crippen molar-refractivity contribution in [3.8, 4) is 5.75 Å². The number of pyridine rings is 1. The van der Waals surface area contributed by atoms with Crippen LogP contribution in [0.3, 0.4) is 0 Å². The third-order valence-corrected chi connectivity index (χ3v) is 3.43. The summed E-state index contributed by atoms with van der Waals surface area (Å²) < 4.78 is 5.54. The van der Waals surface area contributed by atoms with Crippen LogP contribution in [0.15, 0.2) is 36.5 Å². The first kappa shape index (κ1) is 18.0. The quantitative estimate of drug-likeness (QED) is 0.584. The van der Waals surface area contributed by atoms with E-state index < -0.39 is 11.0 Å². The summed E-state index contributed by atoms with van der Waals surface area (Å²) in [6.45, 7) is 4.04. The summed E-state index contributed by atoms with van der Waals surface area (Å²) in [5, 5.41) is 23.9. The summed E-state index contributed by atoms with van der Waals surface area (Å²) in [6, 6.07) is 8.33. The number of aliphatic hydroxyl groups is 1. The topological polar surface area (TPSA) is 97.5 Å². The molecule has 1 atom stereocenters. The van der Waals surface area contributed by atoms with Gasteiger partial charge in [-0.3, -0.25) is 10.1 Å². The smallest absolute Gasteiger partial charge is 0.289 e. The lowest BCUT2D eigenvalue weighted by Gasteiger charge is -2.15. The molecule has 1 aromatic heterocycles. The number of hydrogen-bond donors (Lipinski definition) is 2. The van der Waals surface area contributed by atoms with Gasteiger partial charge in [0.25, 0.3) is 5.69 Å². The number of nitrogens with one attached hydrogen (secondary N) is 1. The first-order valence-electron chi connectivity index (χ1n) is 7.35. The van der Waals surface area contributed by atoms with Gasteiger partial charge in [0.2, 0.25) is 0 Å². The highest BCUT2D eigenvalue weighted by Crippen LogP contribution is 2.25. The Morgan fingerprint density at radius 2 is 2.04 bits per heavy atom. The molecule has 1 unspecified atom stereocenters. The molecule has 1 aromatic carbocycles. The highest BCUT2D eigenvalue weighted by molar-refractivity contribution is 6.33. The number of nitro groups is 1. The van der Waals surface area contributed by atoms with Gasteiger partial charge in [0, 0.05) is 12.6 Å². The van der Waals surface area contributed by atoms with Gasteiger partial charge < -0.3 is 15.2 Å². The number of aromatic nitrogens is 1. The SMILES string of the molecule is CC(C)Oc1ccc(C(O)CNc2ncc([N+](=O)[O-])cc2Cl)cc1. The van der Waals surface area contributed by atoms with E-state index >= 15 is 0 Å². The standard InChI is InChI=1S/C16H18ClN3O4/c1-10(2)24-13-5-3-11(4-6-13)15(21)9-19-16-14(17)7-12(8-18-16)20(22)23/h3-8,10,15,21H,9H2,1-2H3,(H,18,19). The third-order valence-electron chi connectivity index (χ3n) is 3.14. The van der Waals surface area contributed by atoms with Gasteiger partial charge >= 0.3 is 0 Å². The average Bonchev–Trinajstić information content (AvgIpc) is 2.53. The Morgan fingerprint density at radius 1 is 1.38 bits per heavy atom. The largest absolute Gasteiger partial charge is 0.491 e. The summed E-state index contributed by atoms with van der Waals surface area (Å²) in [4.78, 5) is 14.0. The van der Waals surface area contributed by atoms with Crippen molar-refractivity contribution in [3.05, 3.63) is 57.2 Å². The molecule has 7 nitrogen and oxygen atoms in total. The normalized spacial score (nSPS) is 12.0. The molecule has 128 valence electrons. The number of benzene rings is 1. The van der Waals surface area contributed by atoms with E-state index in [-0.39, 0.29) is 29.2 Å². The van der Waals surface area contributed by atoms with Crippen molar-refractivity contribution in [1.82, 2.24) is 4.98 Å². The van der Waals surface area contributed by atoms with Crippen LogP contribution in [-0.4, -0.2) is 27.7 Å². The summed E-state index contributed by atoms with van der Waals surface area (Å²) in [5.41, 5.74) is 0.517. The van der Waals surface area contributed by atoms with Gasteiger partial charge in [-0.25, -0.2) is 4.98 Å². The van der Waals surface area contributed by atoms with Crippen LogP contribution < -0.4 is 10.1 Å². The zero-order chi connectivity index (χ0) is 17.7. The van der Waals surface area contributed by atoms with Crippen molar-refractivity contribution < 1.29 is 14.8 Å². The average molecular weight is 352 g/mol. The van der Waals surface area contributed by atoms with Crippen molar-refractivity contribution in [3.63, 3.8) is 0 Å². The minimum absolute atomic E-state index is 0.0813. The molecule has 24 heavy (non-hydrogen) atoms. The number of hydrogen-bond acceptors (Lipinski definition) is 6. The Kier molecular flexibility index (Phi) is 5.94. The second-order valence-electron chi connectivity index (χ2n) is 5.41. The van der Waals surface area contributed by atoms with Gasteiger partial charge in [0.05, 0.1) is 22.2 Å². The number of nitrogens with zero attached hydrogens (tertiary/aromatic N) is 2. The Balaban J connectivity index is 1.97. The maximum absolute atomic E-state index is 10.6. The molecule has 1 heterocycles. The molecule has 0 saturated heterocycles. The molecule has 0 amide bonds. The Morgan fingerprint density at radius 3 is 2.58 bits per heavy atom. The van der Waals surface area contributed by atoms with Crippen LogP contribution in [0.25, 0.3) is 0 Å². The summed E-state index contributed by atoms with van der Waals surface area (Å²) in [7, 11) is 0. The summed E-state index contributed by atoms with van der Waals surface area (Å²) in [5.74, 6) is 1.01. The fraction of sp³-hybridized carbons (Fsp3) is 0.312. The third kappa shape index (κ3) is 4.81. The lowest BCUT2D eigenvalue weighted by Crippen LogP contribution is -2.13. The number of rotatable bonds is 7. The second-order valence-corrected chi connectivity index (χ2v) is 5.82. The Labute approximate surface area is 144 Å². The number of anilines is 1. The van der Waals surface area contributed by atoms with Crippen LogP contribution in [0.4, 0.5) is 11.5 Å². The van der Waals surface area contributed by atoms with E-state index in [9.17, 15) is 15.2 Å². The van der Waals surface area contributed by atoms with Gasteiger partial charge in [-0.1, -0.05) is 23.7 Å². The first-order valence-corrected chi connectivity index (χ1v) is 7.73. The molecule has 2 aromatic rings. The lowest BCUT2D eigenvalue weighted by atomic mass is 10.1. The van der Waals surface area contributed by atoms with Crippen LogP contribution in [0.1, 0.15) is 25.5 Å². The van der Waals surface area contributed by atoms with E-state index in [0.29, 0.717) is 5.56 Å². The van der Waals surface area contributed by atoms with Crippen molar-refractivity contribution in [2.24, 2.45) is 0 Å². The number of aliphatic hydroxyl groups excluding tert-OH is 1. The molecule has 0 fully saturated rings. The first-order chi connectivity index (χ1) is 11.4. The van der Waals surface area contributed by atoms with Crippen LogP contribution in [-0.2, 0) is 0 Å². The van der Waals surface area contributed by atoms with Crippen molar-refractivity contribution >= 4 is 23.1 Å². The predicted molar refractivity (Wildman–Crippen MR) is 91.6 cm³/mol. The zero-order valence-corrected chi connectivity index (χ0v) is 14.0. The van der Waals surface area contributed by atoms with E-state index in [1.54, 1.807) is 24.3 Å². The van der Waals surface area contributed by atoms with Gasteiger partial charge in [-0.15, -0.1) is 0 Å². The van der Waals surface area contributed by atoms with Crippen molar-refractivity contribution in [2.75, 3.05) is 11.9 Å². The maximum atomic E-state index is 10.6. The second kappa shape index (κ2) is 7.94. The van der Waals surface area contributed by atoms with Gasteiger partial charge in [-0.2, -0.15) is 0 Å². The number of halogens is 1. The van der Waals surface area contributed by atoms with Crippen LogP contribution >= 0.6 is 11.6 Å². The predicted octanol–water partition coefficient (Wildman–Crippen LogP) is 3.58. The molecular weight excluding hydrogens is 334 g/mol. The van der Waals surface area contributed by atoms with E-state index in [4.69, 9.17) is 16.3 Å². The minimum Gasteiger partial charge on any atom is -0.491 e. The molecular formula is C16H18ClN3O4. The Hall–Kier alpha value is -2.38. The number of ether oxygens (including phenoxy) is 1. The molecule has 0 aliphatic rings. The van der Waals surface area contributed by atoms with Gasteiger partial charge in [0.15, 0.2) is 0 Å². The lowest BCUT2D eigenvalue weighted by molar-refractivity contribution is -0.385. The summed E-state index contributed by atoms with van der Waals surface area (Å²) in [6.07, 6.45) is 0.405. The molecule has 0 spiro atoms. The monoisotopic (exact) mass is 351 g/mol. The van der Waals surface area contributed by atoms with E-state index in [1.165, 1.54) is 6.07 Å². The van der Waals surface area contributed by atoms with Gasteiger partial charge in [0.1, 0.15) is 17.8 Å². The van der Waals surface area contributed by atoms with Crippen molar-refractivity contribution in [2.45, 2.75) is 26.1 Å². The van der Waals surface area contributed by atoms with E-state index in [1.807, 2.05) is 13.8 Å². The molecule has 2 rings (SSSR count). The fourth-order valence-corrected chi connectivity index (χ4v) is 2.24. The minimum atomic E-state index is -0.786. The van der Waals surface area contributed by atoms with E-state index in [2.05, 4.69) is 10.3 Å². The van der Waals surface area contributed by atoms with Crippen LogP contribution in [0, 0.1) is 10.1 Å². The summed E-state index contributed by atoms with van der Waals surface area (Å²) >= 11 is 5.94. The molecule has 0 aliphatic carbocycles. The molecule has 0 bridgehead atoms. The molecule has 0 saturated carbocycles. The van der Waals surface area contributed by atoms with Gasteiger partial charge in [-0.05, 0) is 31.5 Å².